The van der Waals surface area contributed by atoms with Crippen molar-refractivity contribution < 1.29 is 19.5 Å². The molecule has 5 N–H and O–H groups in total. The highest BCUT2D eigenvalue weighted by molar-refractivity contribution is 9.11. The number of benzene rings is 2. The Bertz CT molecular complexity index is 1090. The van der Waals surface area contributed by atoms with E-state index >= 15 is 0 Å². The number of anilines is 2. The largest absolute Gasteiger partial charge is 0.481 e. The molecule has 2 aromatic carbocycles. The van der Waals surface area contributed by atoms with Crippen molar-refractivity contribution in [1.82, 2.24) is 10.6 Å². The summed E-state index contributed by atoms with van der Waals surface area (Å²) in [5, 5.41) is 20.6. The zero-order valence-electron chi connectivity index (χ0n) is 17.6. The first-order chi connectivity index (χ1) is 15.8. The van der Waals surface area contributed by atoms with Crippen LogP contribution in [0.15, 0.2) is 50.3 Å². The van der Waals surface area contributed by atoms with Gasteiger partial charge in [0.25, 0.3) is 5.91 Å². The molecule has 1 aliphatic rings. The first-order valence-corrected chi connectivity index (χ1v) is 11.8. The summed E-state index contributed by atoms with van der Waals surface area (Å²) in [7, 11) is 0. The van der Waals surface area contributed by atoms with Gasteiger partial charge in [-0.05, 0) is 64.7 Å². The van der Waals surface area contributed by atoms with Crippen molar-refractivity contribution >= 4 is 67.0 Å². The highest BCUT2D eigenvalue weighted by Crippen LogP contribution is 2.31. The lowest BCUT2D eigenvalue weighted by Gasteiger charge is -2.16. The molecule has 2 amide bonds. The Kier molecular flexibility index (Phi) is 8.84. The maximum Gasteiger partial charge on any atom is 0.303 e. The van der Waals surface area contributed by atoms with Crippen LogP contribution in [0, 0.1) is 0 Å². The third kappa shape index (κ3) is 7.57. The normalized spacial score (nSPS) is 12.8. The molecule has 9 nitrogen and oxygen atoms in total. The van der Waals surface area contributed by atoms with Crippen LogP contribution in [0.3, 0.4) is 0 Å². The summed E-state index contributed by atoms with van der Waals surface area (Å²) in [6, 6.07) is 10.4. The maximum atomic E-state index is 12.6. The Labute approximate surface area is 207 Å². The Balaban J connectivity index is 1.60. The van der Waals surface area contributed by atoms with Crippen LogP contribution in [0.4, 0.5) is 11.4 Å². The number of aryl methyl sites for hydroxylation is 1. The van der Waals surface area contributed by atoms with Crippen LogP contribution >= 0.6 is 31.9 Å². The van der Waals surface area contributed by atoms with Gasteiger partial charge in [-0.15, -0.1) is 0 Å². The second kappa shape index (κ2) is 11.8. The van der Waals surface area contributed by atoms with E-state index in [9.17, 15) is 14.4 Å². The SMILES string of the molecule is O=C(O)CCc1cc(Br)cc(Br)c1NC(=O)CNC(=O)c1cccc(NC2=NCCCN2)c1. The van der Waals surface area contributed by atoms with Crippen LogP contribution in [0.25, 0.3) is 0 Å². The van der Waals surface area contributed by atoms with Gasteiger partial charge in [-0.3, -0.25) is 19.4 Å². The fourth-order valence-electron chi connectivity index (χ4n) is 3.14. The van der Waals surface area contributed by atoms with Crippen LogP contribution in [0.2, 0.25) is 0 Å². The van der Waals surface area contributed by atoms with E-state index in [1.165, 1.54) is 0 Å². The van der Waals surface area contributed by atoms with Crippen LogP contribution in [-0.4, -0.2) is 48.5 Å². The molecule has 11 heteroatoms. The van der Waals surface area contributed by atoms with Gasteiger partial charge < -0.3 is 26.4 Å². The summed E-state index contributed by atoms with van der Waals surface area (Å²) in [6.07, 6.45) is 1.15. The van der Waals surface area contributed by atoms with E-state index in [0.717, 1.165) is 24.0 Å². The summed E-state index contributed by atoms with van der Waals surface area (Å²) in [5.74, 6) is -1.10. The fourth-order valence-corrected chi connectivity index (χ4v) is 4.56. The molecule has 0 spiro atoms. The Hall–Kier alpha value is -2.92. The molecule has 0 saturated carbocycles. The molecule has 1 aliphatic heterocycles. The van der Waals surface area contributed by atoms with Gasteiger partial charge in [0.2, 0.25) is 5.91 Å². The first kappa shape index (κ1) is 24.7. The second-order valence-electron chi connectivity index (χ2n) is 7.26. The lowest BCUT2D eigenvalue weighted by molar-refractivity contribution is -0.137. The van der Waals surface area contributed by atoms with Crippen molar-refractivity contribution in [1.29, 1.82) is 0 Å². The average molecular weight is 581 g/mol. The molecule has 33 heavy (non-hydrogen) atoms. The number of hydrogen-bond acceptors (Lipinski definition) is 6. The number of aliphatic imine (C=N–C) groups is 1. The zero-order valence-corrected chi connectivity index (χ0v) is 20.8. The molecule has 1 heterocycles. The Morgan fingerprint density at radius 1 is 1.15 bits per heavy atom. The molecule has 0 radical (unpaired) electrons. The molecular formula is C22H23Br2N5O4. The molecule has 0 saturated heterocycles. The number of carboxylic acids is 1. The molecule has 3 rings (SSSR count). The highest BCUT2D eigenvalue weighted by Gasteiger charge is 2.15. The number of rotatable bonds is 8. The van der Waals surface area contributed by atoms with Gasteiger partial charge in [0.05, 0.1) is 12.2 Å². The lowest BCUT2D eigenvalue weighted by Crippen LogP contribution is -2.35. The van der Waals surface area contributed by atoms with Gasteiger partial charge in [0, 0.05) is 39.7 Å². The first-order valence-electron chi connectivity index (χ1n) is 10.2. The quantitative estimate of drug-likeness (QED) is 0.325. The predicted molar refractivity (Wildman–Crippen MR) is 134 cm³/mol. The van der Waals surface area contributed by atoms with Crippen LogP contribution in [0.1, 0.15) is 28.8 Å². The monoisotopic (exact) mass is 579 g/mol. The third-order valence-corrected chi connectivity index (χ3v) is 5.79. The summed E-state index contributed by atoms with van der Waals surface area (Å²) in [5.41, 5.74) is 2.25. The van der Waals surface area contributed by atoms with E-state index in [1.807, 2.05) is 6.07 Å². The Morgan fingerprint density at radius 2 is 1.97 bits per heavy atom. The van der Waals surface area contributed by atoms with Gasteiger partial charge in [0.1, 0.15) is 0 Å². The van der Waals surface area contributed by atoms with Crippen molar-refractivity contribution in [3.8, 4) is 0 Å². The zero-order chi connectivity index (χ0) is 23.8. The summed E-state index contributed by atoms with van der Waals surface area (Å²) in [6.45, 7) is 1.34. The molecule has 2 aromatic rings. The van der Waals surface area contributed by atoms with Crippen molar-refractivity contribution in [2.75, 3.05) is 30.3 Å². The summed E-state index contributed by atoms with van der Waals surface area (Å²) >= 11 is 6.77. The van der Waals surface area contributed by atoms with Crippen molar-refractivity contribution in [2.45, 2.75) is 19.3 Å². The number of nitrogens with zero attached hydrogens (tertiary/aromatic N) is 1. The number of aliphatic carboxylic acids is 1. The molecule has 0 unspecified atom stereocenters. The lowest BCUT2D eigenvalue weighted by atomic mass is 10.1. The number of carbonyl (C=O) groups excluding carboxylic acids is 2. The number of amides is 2. The molecule has 174 valence electrons. The smallest absolute Gasteiger partial charge is 0.303 e. The van der Waals surface area contributed by atoms with E-state index in [1.54, 1.807) is 30.3 Å². The minimum absolute atomic E-state index is 0.0746. The number of nitrogens with one attached hydrogen (secondary N) is 4. The van der Waals surface area contributed by atoms with Gasteiger partial charge in [-0.1, -0.05) is 22.0 Å². The number of halogens is 2. The third-order valence-electron chi connectivity index (χ3n) is 4.70. The fraction of sp³-hybridized carbons (Fsp3) is 0.273. The van der Waals surface area contributed by atoms with Crippen LogP contribution in [-0.2, 0) is 16.0 Å². The van der Waals surface area contributed by atoms with Crippen LogP contribution in [0.5, 0.6) is 0 Å². The molecular weight excluding hydrogens is 558 g/mol. The summed E-state index contributed by atoms with van der Waals surface area (Å²) < 4.78 is 1.36. The van der Waals surface area contributed by atoms with E-state index in [-0.39, 0.29) is 19.4 Å². The van der Waals surface area contributed by atoms with E-state index in [4.69, 9.17) is 5.11 Å². The topological polar surface area (TPSA) is 132 Å². The van der Waals surface area contributed by atoms with Gasteiger partial charge in [-0.2, -0.15) is 0 Å². The van der Waals surface area contributed by atoms with Gasteiger partial charge in [-0.25, -0.2) is 0 Å². The highest BCUT2D eigenvalue weighted by atomic mass is 79.9. The minimum atomic E-state index is -0.932. The maximum absolute atomic E-state index is 12.6. The molecule has 0 aromatic heterocycles. The number of hydrogen-bond donors (Lipinski definition) is 5. The van der Waals surface area contributed by atoms with Crippen molar-refractivity contribution in [2.24, 2.45) is 4.99 Å². The average Bonchev–Trinajstić information content (AvgIpc) is 2.79. The summed E-state index contributed by atoms with van der Waals surface area (Å²) in [4.78, 5) is 40.3. The van der Waals surface area contributed by atoms with Crippen LogP contribution < -0.4 is 21.3 Å². The molecule has 0 aliphatic carbocycles. The van der Waals surface area contributed by atoms with E-state index in [0.29, 0.717) is 32.9 Å². The standard InChI is InChI=1S/C22H23Br2N5O4/c23-15-9-13(5-6-19(31)32)20(17(24)11-15)29-18(30)12-27-21(33)14-3-1-4-16(10-14)28-22-25-7-2-8-26-22/h1,3-4,9-11H,2,5-8,12H2,(H,27,33)(H,29,30)(H,31,32)(H2,25,26,28). The van der Waals surface area contributed by atoms with Gasteiger partial charge in [0.15, 0.2) is 5.96 Å². The van der Waals surface area contributed by atoms with E-state index < -0.39 is 17.8 Å². The molecule has 0 fully saturated rings. The van der Waals surface area contributed by atoms with E-state index in [2.05, 4.69) is 58.1 Å². The predicted octanol–water partition coefficient (Wildman–Crippen LogP) is 3.36. The number of carboxylic acid groups (broad SMARTS) is 1. The van der Waals surface area contributed by atoms with Gasteiger partial charge >= 0.3 is 5.97 Å². The Morgan fingerprint density at radius 3 is 2.70 bits per heavy atom. The number of carbonyl (C=O) groups is 3. The second-order valence-corrected chi connectivity index (χ2v) is 9.03. The molecule has 0 atom stereocenters. The van der Waals surface area contributed by atoms with Crippen molar-refractivity contribution in [3.05, 3.63) is 56.5 Å². The van der Waals surface area contributed by atoms with Crippen molar-refractivity contribution in [3.63, 3.8) is 0 Å². The molecule has 0 bridgehead atoms. The minimum Gasteiger partial charge on any atom is -0.481 e. The number of guanidine groups is 1.